The van der Waals surface area contributed by atoms with Crippen LogP contribution in [-0.4, -0.2) is 23.9 Å². The predicted octanol–water partition coefficient (Wildman–Crippen LogP) is 3.89. The topological polar surface area (TPSA) is 46.3 Å². The molecule has 0 heterocycles. The minimum Gasteiger partial charge on any atom is -0.343 e. The van der Waals surface area contributed by atoms with Crippen LogP contribution in [-0.2, 0) is 4.79 Å². The highest BCUT2D eigenvalue weighted by Crippen LogP contribution is 2.45. The zero-order chi connectivity index (χ0) is 15.6. The van der Waals surface area contributed by atoms with Gasteiger partial charge < -0.3 is 10.6 Å². The van der Waals surface area contributed by atoms with Gasteiger partial charge in [-0.3, -0.25) is 4.79 Å². The van der Waals surface area contributed by atoms with Crippen molar-refractivity contribution in [3.05, 3.63) is 33.8 Å². The van der Waals surface area contributed by atoms with Crippen molar-refractivity contribution in [3.63, 3.8) is 0 Å². The second-order valence-electron chi connectivity index (χ2n) is 5.53. The third kappa shape index (κ3) is 3.20. The van der Waals surface area contributed by atoms with E-state index in [-0.39, 0.29) is 23.8 Å². The normalized spacial score (nSPS) is 22.5. The molecular weight excluding hydrogens is 307 g/mol. The maximum Gasteiger partial charge on any atom is 0.226 e. The second-order valence-corrected chi connectivity index (χ2v) is 6.31. The lowest BCUT2D eigenvalue weighted by molar-refractivity contribution is -0.141. The summed E-state index contributed by atoms with van der Waals surface area (Å²) in [7, 11) is 0. The number of hydrogen-bond acceptors (Lipinski definition) is 2. The molecule has 2 N–H and O–H groups in total. The first-order valence-corrected chi connectivity index (χ1v) is 8.25. The van der Waals surface area contributed by atoms with Crippen LogP contribution in [0.2, 0.25) is 10.0 Å². The number of halogens is 2. The van der Waals surface area contributed by atoms with Crippen molar-refractivity contribution >= 4 is 29.1 Å². The minimum absolute atomic E-state index is 0.00921. The van der Waals surface area contributed by atoms with Gasteiger partial charge in [0.2, 0.25) is 5.91 Å². The summed E-state index contributed by atoms with van der Waals surface area (Å²) in [6.45, 7) is 5.49. The van der Waals surface area contributed by atoms with Gasteiger partial charge in [0.1, 0.15) is 0 Å². The van der Waals surface area contributed by atoms with Crippen LogP contribution < -0.4 is 5.73 Å². The molecule has 1 amide bonds. The number of nitrogens with two attached hydrogens (primary N) is 1. The van der Waals surface area contributed by atoms with E-state index in [0.29, 0.717) is 10.0 Å². The lowest BCUT2D eigenvalue weighted by atomic mass is 9.67. The summed E-state index contributed by atoms with van der Waals surface area (Å²) in [5.74, 6) is 0.369. The Morgan fingerprint density at radius 1 is 1.33 bits per heavy atom. The molecule has 0 aromatic heterocycles. The van der Waals surface area contributed by atoms with Gasteiger partial charge in [0.25, 0.3) is 0 Å². The maximum absolute atomic E-state index is 12.5. The molecule has 3 unspecified atom stereocenters. The summed E-state index contributed by atoms with van der Waals surface area (Å²) < 4.78 is 0. The number of hydrogen-bond donors (Lipinski definition) is 1. The average Bonchev–Trinajstić information content (AvgIpc) is 2.42. The van der Waals surface area contributed by atoms with Gasteiger partial charge in [0.15, 0.2) is 0 Å². The maximum atomic E-state index is 12.5. The van der Waals surface area contributed by atoms with Crippen LogP contribution in [0.5, 0.6) is 0 Å². The Labute approximate surface area is 136 Å². The smallest absolute Gasteiger partial charge is 0.226 e. The van der Waals surface area contributed by atoms with E-state index in [0.717, 1.165) is 31.5 Å². The van der Waals surface area contributed by atoms with Crippen molar-refractivity contribution in [2.24, 2.45) is 17.6 Å². The van der Waals surface area contributed by atoms with Crippen molar-refractivity contribution in [3.8, 4) is 0 Å². The summed E-state index contributed by atoms with van der Waals surface area (Å²) in [6.07, 6.45) is 1.87. The highest BCUT2D eigenvalue weighted by Gasteiger charge is 2.42. The van der Waals surface area contributed by atoms with Crippen LogP contribution in [0.1, 0.15) is 38.3 Å². The molecule has 2 rings (SSSR count). The summed E-state index contributed by atoms with van der Waals surface area (Å²) in [4.78, 5) is 14.4. The molecule has 21 heavy (non-hydrogen) atoms. The number of nitrogens with zero attached hydrogens (tertiary/aromatic N) is 1. The fourth-order valence-electron chi connectivity index (χ4n) is 3.04. The van der Waals surface area contributed by atoms with Gasteiger partial charge in [-0.15, -0.1) is 0 Å². The molecule has 0 spiro atoms. The van der Waals surface area contributed by atoms with Crippen LogP contribution in [0.25, 0.3) is 0 Å². The monoisotopic (exact) mass is 328 g/mol. The molecule has 0 saturated heterocycles. The van der Waals surface area contributed by atoms with Gasteiger partial charge >= 0.3 is 0 Å². The van der Waals surface area contributed by atoms with Crippen LogP contribution >= 0.6 is 23.2 Å². The predicted molar refractivity (Wildman–Crippen MR) is 87.5 cm³/mol. The first kappa shape index (κ1) is 16.6. The molecule has 116 valence electrons. The number of amides is 1. The summed E-state index contributed by atoms with van der Waals surface area (Å²) in [5, 5.41) is 1.02. The van der Waals surface area contributed by atoms with Crippen LogP contribution in [0.4, 0.5) is 0 Å². The molecule has 0 radical (unpaired) electrons. The van der Waals surface area contributed by atoms with E-state index in [4.69, 9.17) is 28.9 Å². The molecule has 1 aliphatic rings. The minimum atomic E-state index is -0.241. The summed E-state index contributed by atoms with van der Waals surface area (Å²) >= 11 is 12.3. The quantitative estimate of drug-likeness (QED) is 0.891. The lowest BCUT2D eigenvalue weighted by Crippen LogP contribution is -2.46. The molecular formula is C16H22Cl2N2O. The number of benzene rings is 1. The zero-order valence-electron chi connectivity index (χ0n) is 12.5. The zero-order valence-corrected chi connectivity index (χ0v) is 14.0. The van der Waals surface area contributed by atoms with Crippen LogP contribution in [0.15, 0.2) is 18.2 Å². The molecule has 5 heteroatoms. The SMILES string of the molecule is CCN(CC)C(=O)C1CCC1C(N)c1cccc(Cl)c1Cl. The number of carbonyl (C=O) groups is 1. The second kappa shape index (κ2) is 6.99. The van der Waals surface area contributed by atoms with Gasteiger partial charge in [-0.25, -0.2) is 0 Å². The number of rotatable bonds is 5. The van der Waals surface area contributed by atoms with Crippen molar-refractivity contribution < 1.29 is 4.79 Å². The van der Waals surface area contributed by atoms with Gasteiger partial charge in [0, 0.05) is 25.0 Å². The van der Waals surface area contributed by atoms with Gasteiger partial charge in [-0.1, -0.05) is 35.3 Å². The van der Waals surface area contributed by atoms with E-state index in [1.807, 2.05) is 30.9 Å². The molecule has 1 saturated carbocycles. The number of carbonyl (C=O) groups excluding carboxylic acids is 1. The first-order valence-electron chi connectivity index (χ1n) is 7.49. The molecule has 1 aromatic carbocycles. The Balaban J connectivity index is 2.15. The molecule has 3 nitrogen and oxygen atoms in total. The largest absolute Gasteiger partial charge is 0.343 e. The van der Waals surface area contributed by atoms with E-state index in [1.54, 1.807) is 6.07 Å². The third-order valence-electron chi connectivity index (χ3n) is 4.52. The Hall–Kier alpha value is -0.770. The van der Waals surface area contributed by atoms with Crippen LogP contribution in [0.3, 0.4) is 0 Å². The average molecular weight is 329 g/mol. The molecule has 1 aliphatic carbocycles. The summed E-state index contributed by atoms with van der Waals surface area (Å²) in [5.41, 5.74) is 7.21. The van der Waals surface area contributed by atoms with Gasteiger partial charge in [-0.2, -0.15) is 0 Å². The first-order chi connectivity index (χ1) is 10.0. The van der Waals surface area contributed by atoms with Crippen molar-refractivity contribution in [1.82, 2.24) is 4.90 Å². The van der Waals surface area contributed by atoms with E-state index in [1.165, 1.54) is 0 Å². The van der Waals surface area contributed by atoms with E-state index >= 15 is 0 Å². The van der Waals surface area contributed by atoms with Crippen molar-refractivity contribution in [1.29, 1.82) is 0 Å². The third-order valence-corrected chi connectivity index (χ3v) is 5.36. The van der Waals surface area contributed by atoms with Crippen molar-refractivity contribution in [2.75, 3.05) is 13.1 Å². The summed E-state index contributed by atoms with van der Waals surface area (Å²) in [6, 6.07) is 5.26. The highest BCUT2D eigenvalue weighted by molar-refractivity contribution is 6.42. The Morgan fingerprint density at radius 2 is 2.00 bits per heavy atom. The molecule has 3 atom stereocenters. The fraction of sp³-hybridized carbons (Fsp3) is 0.562. The standard InChI is InChI=1S/C16H22Cl2N2O/c1-3-20(4-2)16(21)11-9-8-10(11)15(19)12-6-5-7-13(17)14(12)18/h5-7,10-11,15H,3-4,8-9,19H2,1-2H3. The molecule has 0 aliphatic heterocycles. The highest BCUT2D eigenvalue weighted by atomic mass is 35.5. The van der Waals surface area contributed by atoms with E-state index in [2.05, 4.69) is 0 Å². The Kier molecular flexibility index (Phi) is 5.53. The van der Waals surface area contributed by atoms with Gasteiger partial charge in [0.05, 0.1) is 10.0 Å². The van der Waals surface area contributed by atoms with Crippen LogP contribution in [0, 0.1) is 11.8 Å². The van der Waals surface area contributed by atoms with Crippen molar-refractivity contribution in [2.45, 2.75) is 32.7 Å². The fourth-order valence-corrected chi connectivity index (χ4v) is 3.47. The lowest BCUT2D eigenvalue weighted by Gasteiger charge is -2.41. The molecule has 0 bridgehead atoms. The molecule has 1 fully saturated rings. The Morgan fingerprint density at radius 3 is 2.52 bits per heavy atom. The van der Waals surface area contributed by atoms with E-state index < -0.39 is 0 Å². The Bertz CT molecular complexity index is 517. The van der Waals surface area contributed by atoms with E-state index in [9.17, 15) is 4.79 Å². The van der Waals surface area contributed by atoms with Gasteiger partial charge in [-0.05, 0) is 44.2 Å². The molecule has 1 aromatic rings.